The average molecular weight is 527 g/mol. The lowest BCUT2D eigenvalue weighted by molar-refractivity contribution is -0.138. The Morgan fingerprint density at radius 1 is 0.857 bits per heavy atom. The second-order valence-electron chi connectivity index (χ2n) is 7.78. The summed E-state index contributed by atoms with van der Waals surface area (Å²) in [6.07, 6.45) is -7.53. The number of halogens is 6. The number of alkyl halides is 6. The zero-order chi connectivity index (χ0) is 25.7. The summed E-state index contributed by atoms with van der Waals surface area (Å²) in [5.74, 6) is -0.580. The van der Waals surface area contributed by atoms with Crippen molar-refractivity contribution in [2.24, 2.45) is 0 Å². The normalized spacial score (nSPS) is 16.0. The lowest BCUT2D eigenvalue weighted by atomic mass is 10.1. The van der Waals surface area contributed by atoms with Crippen LogP contribution in [0.2, 0.25) is 0 Å². The van der Waals surface area contributed by atoms with Crippen molar-refractivity contribution in [2.75, 3.05) is 4.90 Å². The van der Waals surface area contributed by atoms with E-state index in [1.54, 1.807) is 36.6 Å². The van der Waals surface area contributed by atoms with E-state index in [4.69, 9.17) is 12.2 Å². The number of thiocarbonyl (C=S) groups is 1. The van der Waals surface area contributed by atoms with Gasteiger partial charge in [0.25, 0.3) is 5.91 Å². The maximum Gasteiger partial charge on any atom is 0.416 e. The van der Waals surface area contributed by atoms with Crippen LogP contribution >= 0.6 is 24.0 Å². The van der Waals surface area contributed by atoms with Crippen LogP contribution in [0.5, 0.6) is 0 Å². The molecule has 2 heterocycles. The van der Waals surface area contributed by atoms with E-state index in [1.165, 1.54) is 18.2 Å². The molecular formula is C24H16F6N2OS2. The monoisotopic (exact) mass is 526 g/mol. The average Bonchev–Trinajstić information content (AvgIpc) is 3.21. The Kier molecular flexibility index (Phi) is 6.35. The largest absolute Gasteiger partial charge is 0.416 e. The van der Waals surface area contributed by atoms with E-state index in [-0.39, 0.29) is 14.9 Å². The number of anilines is 1. The van der Waals surface area contributed by atoms with E-state index in [0.29, 0.717) is 22.6 Å². The lowest BCUT2D eigenvalue weighted by Gasteiger charge is -2.16. The molecular weight excluding hydrogens is 510 g/mol. The maximum atomic E-state index is 13.2. The zero-order valence-corrected chi connectivity index (χ0v) is 19.8. The van der Waals surface area contributed by atoms with Crippen LogP contribution in [-0.2, 0) is 17.1 Å². The van der Waals surface area contributed by atoms with E-state index in [0.717, 1.165) is 40.9 Å². The molecule has 0 unspecified atom stereocenters. The van der Waals surface area contributed by atoms with Crippen molar-refractivity contribution in [3.8, 4) is 5.69 Å². The highest BCUT2D eigenvalue weighted by Crippen LogP contribution is 2.39. The molecule has 0 radical (unpaired) electrons. The first-order chi connectivity index (χ1) is 16.3. The van der Waals surface area contributed by atoms with Crippen LogP contribution < -0.4 is 4.90 Å². The number of benzene rings is 2. The highest BCUT2D eigenvalue weighted by Gasteiger charge is 2.36. The van der Waals surface area contributed by atoms with Crippen LogP contribution in [0.4, 0.5) is 32.0 Å². The molecule has 1 aliphatic rings. The van der Waals surface area contributed by atoms with Crippen molar-refractivity contribution < 1.29 is 31.1 Å². The van der Waals surface area contributed by atoms with Gasteiger partial charge in [0.2, 0.25) is 0 Å². The summed E-state index contributed by atoms with van der Waals surface area (Å²) < 4.78 is 80.5. The number of carbonyl (C=O) groups is 1. The van der Waals surface area contributed by atoms with Crippen molar-refractivity contribution in [2.45, 2.75) is 26.2 Å². The highest BCUT2D eigenvalue weighted by molar-refractivity contribution is 8.27. The smallest absolute Gasteiger partial charge is 0.318 e. The number of nitrogens with zero attached hydrogens (tertiary/aromatic N) is 2. The third-order valence-corrected chi connectivity index (χ3v) is 6.72. The van der Waals surface area contributed by atoms with Crippen LogP contribution in [0.15, 0.2) is 59.5 Å². The summed E-state index contributed by atoms with van der Waals surface area (Å²) in [7, 11) is 0. The Bertz CT molecular complexity index is 1370. The Morgan fingerprint density at radius 2 is 1.40 bits per heavy atom. The molecule has 35 heavy (non-hydrogen) atoms. The van der Waals surface area contributed by atoms with E-state index < -0.39 is 29.4 Å². The Hall–Kier alpha value is -3.05. The molecule has 1 aliphatic heterocycles. The molecule has 1 amide bonds. The fourth-order valence-corrected chi connectivity index (χ4v) is 5.10. The molecule has 11 heteroatoms. The van der Waals surface area contributed by atoms with Gasteiger partial charge >= 0.3 is 12.4 Å². The standard InChI is InChI=1S/C24H16F6N2OS2/c1-13-9-15(14(2)31(13)18-7-3-5-16(11-18)23(25,26)27)10-20-21(33)32(22(34)35-20)19-8-4-6-17(12-19)24(28,29)30/h3-12H,1-2H3/b20-10+. The number of hydrogen-bond acceptors (Lipinski definition) is 3. The molecule has 0 atom stereocenters. The summed E-state index contributed by atoms with van der Waals surface area (Å²) in [6, 6.07) is 10.9. The number of thioether (sulfide) groups is 1. The summed E-state index contributed by atoms with van der Waals surface area (Å²) in [5, 5.41) is 0. The third kappa shape index (κ3) is 4.87. The minimum Gasteiger partial charge on any atom is -0.318 e. The van der Waals surface area contributed by atoms with Crippen molar-refractivity contribution in [1.82, 2.24) is 4.57 Å². The minimum absolute atomic E-state index is 0.000151. The van der Waals surface area contributed by atoms with Gasteiger partial charge in [-0.2, -0.15) is 26.3 Å². The molecule has 0 bridgehead atoms. The van der Waals surface area contributed by atoms with Gasteiger partial charge in [-0.1, -0.05) is 36.1 Å². The van der Waals surface area contributed by atoms with Crippen LogP contribution in [-0.4, -0.2) is 14.8 Å². The lowest BCUT2D eigenvalue weighted by Crippen LogP contribution is -2.27. The van der Waals surface area contributed by atoms with Gasteiger partial charge in [-0.3, -0.25) is 9.69 Å². The van der Waals surface area contributed by atoms with E-state index in [1.807, 2.05) is 0 Å². The molecule has 4 rings (SSSR count). The summed E-state index contributed by atoms with van der Waals surface area (Å²) in [4.78, 5) is 14.3. The molecule has 0 aliphatic carbocycles. The number of aromatic nitrogens is 1. The molecule has 3 nitrogen and oxygen atoms in total. The van der Waals surface area contributed by atoms with Gasteiger partial charge in [-0.15, -0.1) is 0 Å². The van der Waals surface area contributed by atoms with Crippen molar-refractivity contribution in [1.29, 1.82) is 0 Å². The van der Waals surface area contributed by atoms with Crippen LogP contribution in [0.3, 0.4) is 0 Å². The van der Waals surface area contributed by atoms with Gasteiger partial charge in [0, 0.05) is 17.1 Å². The minimum atomic E-state index is -4.58. The third-order valence-electron chi connectivity index (χ3n) is 5.41. The van der Waals surface area contributed by atoms with E-state index in [2.05, 4.69) is 0 Å². The second-order valence-corrected chi connectivity index (χ2v) is 9.45. The molecule has 0 saturated carbocycles. The predicted octanol–water partition coefficient (Wildman–Crippen LogP) is 7.54. The van der Waals surface area contributed by atoms with Gasteiger partial charge < -0.3 is 4.57 Å². The van der Waals surface area contributed by atoms with Gasteiger partial charge in [0.05, 0.1) is 21.7 Å². The van der Waals surface area contributed by atoms with Gasteiger partial charge in [-0.25, -0.2) is 0 Å². The van der Waals surface area contributed by atoms with Gasteiger partial charge in [0.15, 0.2) is 4.32 Å². The molecule has 3 aromatic rings. The fourth-order valence-electron chi connectivity index (χ4n) is 3.81. The Morgan fingerprint density at radius 3 is 1.97 bits per heavy atom. The second kappa shape index (κ2) is 8.87. The molecule has 0 spiro atoms. The molecule has 0 N–H and O–H groups in total. The van der Waals surface area contributed by atoms with E-state index in [9.17, 15) is 31.1 Å². The van der Waals surface area contributed by atoms with Crippen molar-refractivity contribution >= 4 is 46.0 Å². The van der Waals surface area contributed by atoms with Crippen molar-refractivity contribution in [3.63, 3.8) is 0 Å². The number of carbonyl (C=O) groups excluding carboxylic acids is 1. The van der Waals surface area contributed by atoms with Crippen LogP contribution in [0, 0.1) is 13.8 Å². The van der Waals surface area contributed by atoms with Gasteiger partial charge in [-0.05, 0) is 68.0 Å². The Balaban J connectivity index is 1.69. The van der Waals surface area contributed by atoms with Crippen molar-refractivity contribution in [3.05, 3.63) is 87.6 Å². The predicted molar refractivity (Wildman–Crippen MR) is 127 cm³/mol. The summed E-state index contributed by atoms with van der Waals surface area (Å²) >= 11 is 6.19. The quantitative estimate of drug-likeness (QED) is 0.200. The zero-order valence-electron chi connectivity index (χ0n) is 18.2. The van der Waals surface area contributed by atoms with Gasteiger partial charge in [0.1, 0.15) is 0 Å². The van der Waals surface area contributed by atoms with Crippen LogP contribution in [0.25, 0.3) is 11.8 Å². The van der Waals surface area contributed by atoms with E-state index >= 15 is 0 Å². The first-order valence-electron chi connectivity index (χ1n) is 10.1. The maximum absolute atomic E-state index is 13.2. The molecule has 1 fully saturated rings. The SMILES string of the molecule is Cc1cc(/C=C2/SC(=S)N(c3cccc(C(F)(F)F)c3)C2=O)c(C)n1-c1cccc(C(F)(F)F)c1. The summed E-state index contributed by atoms with van der Waals surface area (Å²) in [5.41, 5.74) is 0.423. The summed E-state index contributed by atoms with van der Waals surface area (Å²) in [6.45, 7) is 3.42. The number of rotatable bonds is 3. The Labute approximate surface area is 206 Å². The fraction of sp³-hybridized carbons (Fsp3) is 0.167. The first-order valence-corrected chi connectivity index (χ1v) is 11.3. The number of hydrogen-bond donors (Lipinski definition) is 0. The highest BCUT2D eigenvalue weighted by atomic mass is 32.2. The molecule has 1 saturated heterocycles. The molecule has 2 aromatic carbocycles. The first kappa shape index (κ1) is 25.1. The molecule has 182 valence electrons. The van der Waals surface area contributed by atoms with Crippen LogP contribution in [0.1, 0.15) is 28.1 Å². The number of amides is 1. The number of aryl methyl sites for hydroxylation is 1. The molecule has 1 aromatic heterocycles. The topological polar surface area (TPSA) is 25.2 Å².